The second-order valence-corrected chi connectivity index (χ2v) is 3.78. The van der Waals surface area contributed by atoms with E-state index in [1.165, 1.54) is 12.5 Å². The maximum atomic E-state index is 11.2. The molecule has 1 aliphatic rings. The number of ketones is 1. The highest BCUT2D eigenvalue weighted by Crippen LogP contribution is 2.32. The van der Waals surface area contributed by atoms with E-state index in [-0.39, 0.29) is 11.7 Å². The van der Waals surface area contributed by atoms with Gasteiger partial charge >= 0.3 is 0 Å². The number of carbonyl (C=O) groups excluding carboxylic acids is 1. The molecule has 0 aliphatic heterocycles. The van der Waals surface area contributed by atoms with Crippen molar-refractivity contribution in [2.45, 2.75) is 39.2 Å². The number of allylic oxidation sites excluding steroid dienone is 1. The zero-order chi connectivity index (χ0) is 9.35. The van der Waals surface area contributed by atoms with Gasteiger partial charge in [-0.1, -0.05) is 18.6 Å². The third kappa shape index (κ3) is 1.44. The number of hydrogen-bond acceptors (Lipinski definition) is 2. The van der Waals surface area contributed by atoms with Crippen LogP contribution in [0.5, 0.6) is 0 Å². The molecule has 1 N–H and O–H groups in total. The van der Waals surface area contributed by atoms with E-state index in [1.54, 1.807) is 0 Å². The van der Waals surface area contributed by atoms with Gasteiger partial charge in [0.25, 0.3) is 0 Å². The summed E-state index contributed by atoms with van der Waals surface area (Å²) in [5, 5.41) is 9.94. The van der Waals surface area contributed by atoms with Crippen molar-refractivity contribution in [3.05, 3.63) is 11.6 Å². The lowest BCUT2D eigenvalue weighted by Crippen LogP contribution is -2.44. The van der Waals surface area contributed by atoms with E-state index in [0.717, 1.165) is 6.42 Å². The SMILES string of the molecule is CC(=O)[C@]1(O)CCC(C)=C[C@@H]1C. The molecule has 1 aliphatic carbocycles. The van der Waals surface area contributed by atoms with Gasteiger partial charge in [-0.3, -0.25) is 4.79 Å². The van der Waals surface area contributed by atoms with E-state index in [2.05, 4.69) is 0 Å². The van der Waals surface area contributed by atoms with Crippen LogP contribution in [0.2, 0.25) is 0 Å². The Morgan fingerprint density at radius 3 is 2.75 bits per heavy atom. The summed E-state index contributed by atoms with van der Waals surface area (Å²) in [7, 11) is 0. The molecule has 0 fully saturated rings. The Morgan fingerprint density at radius 2 is 2.33 bits per heavy atom. The van der Waals surface area contributed by atoms with Crippen molar-refractivity contribution in [2.24, 2.45) is 5.92 Å². The van der Waals surface area contributed by atoms with Crippen LogP contribution in [-0.4, -0.2) is 16.5 Å². The van der Waals surface area contributed by atoms with Crippen molar-refractivity contribution in [2.75, 3.05) is 0 Å². The van der Waals surface area contributed by atoms with Gasteiger partial charge in [-0.15, -0.1) is 0 Å². The van der Waals surface area contributed by atoms with Gasteiger partial charge in [-0.25, -0.2) is 0 Å². The molecule has 0 aromatic rings. The number of hydrogen-bond donors (Lipinski definition) is 1. The summed E-state index contributed by atoms with van der Waals surface area (Å²) in [5.41, 5.74) is 0.174. The molecule has 1 rings (SSSR count). The van der Waals surface area contributed by atoms with Crippen molar-refractivity contribution in [3.8, 4) is 0 Å². The van der Waals surface area contributed by atoms with Crippen molar-refractivity contribution in [1.29, 1.82) is 0 Å². The van der Waals surface area contributed by atoms with Gasteiger partial charge in [0.05, 0.1) is 0 Å². The Hall–Kier alpha value is -0.630. The maximum Gasteiger partial charge on any atom is 0.161 e. The van der Waals surface area contributed by atoms with Crippen LogP contribution in [0.1, 0.15) is 33.6 Å². The van der Waals surface area contributed by atoms with Crippen LogP contribution in [0.15, 0.2) is 11.6 Å². The van der Waals surface area contributed by atoms with Gasteiger partial charge < -0.3 is 5.11 Å². The third-order valence-electron chi connectivity index (χ3n) is 2.80. The summed E-state index contributed by atoms with van der Waals surface area (Å²) in [5.74, 6) is -0.150. The topological polar surface area (TPSA) is 37.3 Å². The summed E-state index contributed by atoms with van der Waals surface area (Å²) in [4.78, 5) is 11.2. The molecule has 2 nitrogen and oxygen atoms in total. The largest absolute Gasteiger partial charge is 0.381 e. The average Bonchev–Trinajstić information content (AvgIpc) is 1.97. The predicted molar refractivity (Wildman–Crippen MR) is 47.8 cm³/mol. The molecular weight excluding hydrogens is 152 g/mol. The van der Waals surface area contributed by atoms with Crippen LogP contribution in [-0.2, 0) is 4.79 Å². The summed E-state index contributed by atoms with van der Waals surface area (Å²) in [6.45, 7) is 5.39. The summed E-state index contributed by atoms with van der Waals surface area (Å²) < 4.78 is 0. The van der Waals surface area contributed by atoms with Crippen LogP contribution >= 0.6 is 0 Å². The molecule has 0 aromatic carbocycles. The molecule has 2 atom stereocenters. The molecule has 0 bridgehead atoms. The zero-order valence-corrected chi connectivity index (χ0v) is 7.92. The highest BCUT2D eigenvalue weighted by atomic mass is 16.3. The quantitative estimate of drug-likeness (QED) is 0.605. The fourth-order valence-electron chi connectivity index (χ4n) is 1.76. The first-order valence-corrected chi connectivity index (χ1v) is 4.37. The molecule has 68 valence electrons. The lowest BCUT2D eigenvalue weighted by Gasteiger charge is -2.34. The Bertz CT molecular complexity index is 230. The number of carbonyl (C=O) groups is 1. The normalized spacial score (nSPS) is 36.0. The lowest BCUT2D eigenvalue weighted by molar-refractivity contribution is -0.139. The molecule has 0 amide bonds. The fraction of sp³-hybridized carbons (Fsp3) is 0.700. The van der Waals surface area contributed by atoms with E-state index < -0.39 is 5.60 Å². The Kier molecular flexibility index (Phi) is 2.38. The van der Waals surface area contributed by atoms with Gasteiger partial charge in [0.15, 0.2) is 5.78 Å². The molecular formula is C10H16O2. The molecule has 0 aromatic heterocycles. The lowest BCUT2D eigenvalue weighted by atomic mass is 9.76. The first-order valence-electron chi connectivity index (χ1n) is 4.37. The Labute approximate surface area is 73.3 Å². The van der Waals surface area contributed by atoms with Gasteiger partial charge in [0.2, 0.25) is 0 Å². The van der Waals surface area contributed by atoms with Crippen molar-refractivity contribution >= 4 is 5.78 Å². The van der Waals surface area contributed by atoms with E-state index in [0.29, 0.717) is 6.42 Å². The molecule has 0 radical (unpaired) electrons. The van der Waals surface area contributed by atoms with Gasteiger partial charge in [0.1, 0.15) is 5.60 Å². The number of aliphatic hydroxyl groups is 1. The van der Waals surface area contributed by atoms with Gasteiger partial charge in [-0.05, 0) is 26.7 Å². The molecule has 0 saturated heterocycles. The Balaban J connectivity index is 2.90. The van der Waals surface area contributed by atoms with Gasteiger partial charge in [-0.2, -0.15) is 0 Å². The van der Waals surface area contributed by atoms with Crippen LogP contribution in [0.3, 0.4) is 0 Å². The van der Waals surface area contributed by atoms with E-state index in [4.69, 9.17) is 0 Å². The smallest absolute Gasteiger partial charge is 0.161 e. The molecule has 0 heterocycles. The van der Waals surface area contributed by atoms with Crippen LogP contribution < -0.4 is 0 Å². The predicted octanol–water partition coefficient (Wildman–Crippen LogP) is 1.68. The minimum atomic E-state index is -1.10. The van der Waals surface area contributed by atoms with Crippen LogP contribution in [0, 0.1) is 5.92 Å². The highest BCUT2D eigenvalue weighted by Gasteiger charge is 2.39. The molecule has 12 heavy (non-hydrogen) atoms. The molecule has 0 saturated carbocycles. The zero-order valence-electron chi connectivity index (χ0n) is 7.92. The fourth-order valence-corrected chi connectivity index (χ4v) is 1.76. The minimum Gasteiger partial charge on any atom is -0.381 e. The summed E-state index contributed by atoms with van der Waals surface area (Å²) >= 11 is 0. The average molecular weight is 168 g/mol. The monoisotopic (exact) mass is 168 g/mol. The summed E-state index contributed by atoms with van der Waals surface area (Å²) in [6, 6.07) is 0. The van der Waals surface area contributed by atoms with E-state index in [1.807, 2.05) is 19.9 Å². The third-order valence-corrected chi connectivity index (χ3v) is 2.80. The second kappa shape index (κ2) is 3.02. The first kappa shape index (κ1) is 9.46. The maximum absolute atomic E-state index is 11.2. The van der Waals surface area contributed by atoms with E-state index >= 15 is 0 Å². The summed E-state index contributed by atoms with van der Waals surface area (Å²) in [6.07, 6.45) is 3.40. The second-order valence-electron chi connectivity index (χ2n) is 3.78. The number of Topliss-reactive ketones (excluding diaryl/α,β-unsaturated/α-hetero) is 1. The minimum absolute atomic E-state index is 0.0382. The van der Waals surface area contributed by atoms with Crippen LogP contribution in [0.4, 0.5) is 0 Å². The Morgan fingerprint density at radius 1 is 1.75 bits per heavy atom. The molecule has 0 unspecified atom stereocenters. The van der Waals surface area contributed by atoms with Crippen molar-refractivity contribution < 1.29 is 9.90 Å². The standard InChI is InChI=1S/C10H16O2/c1-7-4-5-10(12,9(3)11)8(2)6-7/h6,8,12H,4-5H2,1-3H3/t8-,10-/m0/s1. The van der Waals surface area contributed by atoms with Crippen LogP contribution in [0.25, 0.3) is 0 Å². The van der Waals surface area contributed by atoms with E-state index in [9.17, 15) is 9.90 Å². The highest BCUT2D eigenvalue weighted by molar-refractivity contribution is 5.85. The number of rotatable bonds is 1. The van der Waals surface area contributed by atoms with Gasteiger partial charge in [0, 0.05) is 5.92 Å². The van der Waals surface area contributed by atoms with Crippen molar-refractivity contribution in [1.82, 2.24) is 0 Å². The van der Waals surface area contributed by atoms with Crippen molar-refractivity contribution in [3.63, 3.8) is 0 Å². The molecule has 0 spiro atoms. The first-order chi connectivity index (χ1) is 5.47. The molecule has 2 heteroatoms.